The van der Waals surface area contributed by atoms with Gasteiger partial charge in [0.05, 0.1) is 35.5 Å². The molecule has 4 aromatic heterocycles. The molecule has 0 saturated carbocycles. The minimum Gasteiger partial charge on any atom is -0.344 e. The van der Waals surface area contributed by atoms with E-state index in [-0.39, 0.29) is 11.3 Å². The molecule has 10 nitrogen and oxygen atoms in total. The van der Waals surface area contributed by atoms with E-state index in [0.29, 0.717) is 12.4 Å². The summed E-state index contributed by atoms with van der Waals surface area (Å²) in [5.41, 5.74) is 5.00. The molecule has 0 spiro atoms. The number of amides is 1. The second-order valence-corrected chi connectivity index (χ2v) is 9.09. The Kier molecular flexibility index (Phi) is 5.20. The molecule has 5 rings (SSSR count). The van der Waals surface area contributed by atoms with E-state index in [1.165, 1.54) is 0 Å². The van der Waals surface area contributed by atoms with E-state index in [4.69, 9.17) is 9.51 Å². The van der Waals surface area contributed by atoms with Gasteiger partial charge < -0.3 is 9.84 Å². The number of hydrogen-bond acceptors (Lipinski definition) is 7. The highest BCUT2D eigenvalue weighted by Gasteiger charge is 2.23. The molecule has 0 saturated heterocycles. The minimum absolute atomic E-state index is 0.0407. The van der Waals surface area contributed by atoms with Gasteiger partial charge in [-0.1, -0.05) is 50.2 Å². The van der Waals surface area contributed by atoms with Crippen molar-refractivity contribution in [1.29, 1.82) is 0 Å². The van der Waals surface area contributed by atoms with Crippen molar-refractivity contribution >= 4 is 11.4 Å². The van der Waals surface area contributed by atoms with Crippen molar-refractivity contribution in [2.45, 2.75) is 32.7 Å². The lowest BCUT2D eigenvalue weighted by molar-refractivity contribution is 0.0907. The molecule has 4 heterocycles. The highest BCUT2D eigenvalue weighted by atomic mass is 16.5. The monoisotopic (exact) mass is 456 g/mol. The number of carbonyl (C=O) groups excluding carboxylic acids is 1. The highest BCUT2D eigenvalue weighted by molar-refractivity contribution is 5.89. The Balaban J connectivity index is 1.35. The van der Waals surface area contributed by atoms with Crippen LogP contribution >= 0.6 is 0 Å². The van der Waals surface area contributed by atoms with Gasteiger partial charge in [0.2, 0.25) is 0 Å². The van der Waals surface area contributed by atoms with Gasteiger partial charge in [-0.05, 0) is 11.6 Å². The number of nitrogens with one attached hydrogen (secondary N) is 1. The molecule has 0 radical (unpaired) electrons. The van der Waals surface area contributed by atoms with Crippen LogP contribution < -0.4 is 5.32 Å². The zero-order valence-electron chi connectivity index (χ0n) is 19.4. The topological polar surface area (TPSA) is 116 Å². The molecule has 0 aliphatic heterocycles. The van der Waals surface area contributed by atoms with Crippen LogP contribution in [0, 0.1) is 0 Å². The first kappa shape index (κ1) is 21.5. The fourth-order valence-electron chi connectivity index (χ4n) is 3.49. The summed E-state index contributed by atoms with van der Waals surface area (Å²) in [4.78, 5) is 21.5. The standard InChI is InChI=1S/C24H24N8O2/c1-24(2,3)23-29-22(34-30-23)21(33)25-11-15-5-7-16(8-6-15)20-19-9-10-26-32(19)14-18(28-20)17-12-27-31(4)13-17/h5-10,12-14H,11H2,1-4H3,(H,25,33). The second kappa shape index (κ2) is 8.22. The van der Waals surface area contributed by atoms with E-state index in [9.17, 15) is 4.79 Å². The molecule has 0 bridgehead atoms. The van der Waals surface area contributed by atoms with E-state index in [0.717, 1.165) is 33.6 Å². The number of carbonyl (C=O) groups is 1. The van der Waals surface area contributed by atoms with Crippen LogP contribution in [0.2, 0.25) is 0 Å². The molecule has 1 aromatic carbocycles. The number of fused-ring (bicyclic) bond motifs is 1. The first-order chi connectivity index (χ1) is 16.3. The van der Waals surface area contributed by atoms with Crippen LogP contribution in [0.5, 0.6) is 0 Å². The number of benzene rings is 1. The van der Waals surface area contributed by atoms with E-state index < -0.39 is 5.91 Å². The quantitative estimate of drug-likeness (QED) is 0.431. The summed E-state index contributed by atoms with van der Waals surface area (Å²) in [6.45, 7) is 6.21. The third-order valence-corrected chi connectivity index (χ3v) is 5.36. The van der Waals surface area contributed by atoms with Crippen molar-refractivity contribution in [3.8, 4) is 22.5 Å². The molecule has 34 heavy (non-hydrogen) atoms. The predicted molar refractivity (Wildman–Crippen MR) is 125 cm³/mol. The average Bonchev–Trinajstić information content (AvgIpc) is 3.57. The Labute approximate surface area is 195 Å². The van der Waals surface area contributed by atoms with Crippen LogP contribution in [-0.2, 0) is 19.0 Å². The maximum absolute atomic E-state index is 12.4. The molecule has 0 atom stereocenters. The molecule has 0 fully saturated rings. The zero-order valence-corrected chi connectivity index (χ0v) is 19.4. The van der Waals surface area contributed by atoms with Crippen molar-refractivity contribution in [2.75, 3.05) is 0 Å². The summed E-state index contributed by atoms with van der Waals surface area (Å²) >= 11 is 0. The maximum atomic E-state index is 12.4. The molecule has 0 aliphatic rings. The first-order valence-electron chi connectivity index (χ1n) is 10.8. The summed E-state index contributed by atoms with van der Waals surface area (Å²) in [6, 6.07) is 9.80. The van der Waals surface area contributed by atoms with Crippen LogP contribution in [0.25, 0.3) is 28.0 Å². The van der Waals surface area contributed by atoms with E-state index >= 15 is 0 Å². The number of rotatable bonds is 5. The summed E-state index contributed by atoms with van der Waals surface area (Å²) in [5, 5.41) is 15.4. The van der Waals surface area contributed by atoms with Gasteiger partial charge in [0.15, 0.2) is 5.82 Å². The van der Waals surface area contributed by atoms with Crippen LogP contribution in [-0.4, -0.2) is 40.4 Å². The Morgan fingerprint density at radius 2 is 1.82 bits per heavy atom. The molecular formula is C24H24N8O2. The van der Waals surface area contributed by atoms with Gasteiger partial charge >= 0.3 is 11.8 Å². The molecule has 0 aliphatic carbocycles. The number of hydrogen-bond donors (Lipinski definition) is 1. The molecule has 10 heteroatoms. The normalized spacial score (nSPS) is 11.8. The van der Waals surface area contributed by atoms with Gasteiger partial charge in [-0.15, -0.1) is 0 Å². The molecule has 1 amide bonds. The van der Waals surface area contributed by atoms with Crippen LogP contribution in [0.1, 0.15) is 42.8 Å². The summed E-state index contributed by atoms with van der Waals surface area (Å²) in [6.07, 6.45) is 7.34. The third-order valence-electron chi connectivity index (χ3n) is 5.36. The van der Waals surface area contributed by atoms with Crippen LogP contribution in [0.15, 0.2) is 59.6 Å². The van der Waals surface area contributed by atoms with Crippen molar-refractivity contribution in [1.82, 2.24) is 39.8 Å². The maximum Gasteiger partial charge on any atom is 0.315 e. The van der Waals surface area contributed by atoms with E-state index in [2.05, 4.69) is 25.7 Å². The van der Waals surface area contributed by atoms with Gasteiger partial charge in [0.25, 0.3) is 0 Å². The summed E-state index contributed by atoms with van der Waals surface area (Å²) < 4.78 is 8.66. The first-order valence-corrected chi connectivity index (χ1v) is 10.8. The van der Waals surface area contributed by atoms with E-state index in [1.807, 2.05) is 75.1 Å². The number of aromatic nitrogens is 7. The second-order valence-electron chi connectivity index (χ2n) is 9.09. The van der Waals surface area contributed by atoms with Gasteiger partial charge in [-0.3, -0.25) is 9.48 Å². The van der Waals surface area contributed by atoms with Gasteiger partial charge in [-0.25, -0.2) is 9.50 Å². The summed E-state index contributed by atoms with van der Waals surface area (Å²) in [5.74, 6) is 0.0502. The SMILES string of the molecule is Cn1cc(-c2cn3nccc3c(-c3ccc(CNC(=O)c4nc(C(C)(C)C)no4)cc3)n2)cn1. The average molecular weight is 457 g/mol. The van der Waals surface area contributed by atoms with Crippen LogP contribution in [0.4, 0.5) is 0 Å². The fraction of sp³-hybridized carbons (Fsp3) is 0.250. The van der Waals surface area contributed by atoms with Crippen molar-refractivity contribution in [3.63, 3.8) is 0 Å². The number of nitrogens with zero attached hydrogens (tertiary/aromatic N) is 7. The summed E-state index contributed by atoms with van der Waals surface area (Å²) in [7, 11) is 1.87. The zero-order chi connectivity index (χ0) is 23.9. The highest BCUT2D eigenvalue weighted by Crippen LogP contribution is 2.27. The molecular weight excluding hydrogens is 432 g/mol. The Morgan fingerprint density at radius 1 is 1.03 bits per heavy atom. The minimum atomic E-state index is -0.404. The van der Waals surface area contributed by atoms with Gasteiger partial charge in [-0.2, -0.15) is 15.2 Å². The largest absolute Gasteiger partial charge is 0.344 e. The van der Waals surface area contributed by atoms with E-state index in [1.54, 1.807) is 17.1 Å². The third kappa shape index (κ3) is 4.17. The lowest BCUT2D eigenvalue weighted by Gasteiger charge is -2.10. The molecule has 0 unspecified atom stereocenters. The van der Waals surface area contributed by atoms with Crippen molar-refractivity contribution in [2.24, 2.45) is 7.05 Å². The fourth-order valence-corrected chi connectivity index (χ4v) is 3.49. The molecule has 172 valence electrons. The molecule has 1 N–H and O–H groups in total. The lowest BCUT2D eigenvalue weighted by atomic mass is 9.96. The van der Waals surface area contributed by atoms with Gasteiger partial charge in [0, 0.05) is 36.3 Å². The number of aryl methyl sites for hydroxylation is 1. The van der Waals surface area contributed by atoms with Gasteiger partial charge in [0.1, 0.15) is 0 Å². The Hall–Kier alpha value is -4.34. The smallest absolute Gasteiger partial charge is 0.315 e. The van der Waals surface area contributed by atoms with Crippen LogP contribution in [0.3, 0.4) is 0 Å². The Morgan fingerprint density at radius 3 is 2.50 bits per heavy atom. The lowest BCUT2D eigenvalue weighted by Crippen LogP contribution is -2.23. The van der Waals surface area contributed by atoms with Crippen molar-refractivity contribution in [3.05, 3.63) is 72.4 Å². The molecule has 5 aromatic rings. The Bertz CT molecular complexity index is 1470. The predicted octanol–water partition coefficient (Wildman–Crippen LogP) is 3.41. The van der Waals surface area contributed by atoms with Crippen molar-refractivity contribution < 1.29 is 9.32 Å².